The summed E-state index contributed by atoms with van der Waals surface area (Å²) in [4.78, 5) is 42.8. The molecule has 8 nitrogen and oxygen atoms in total. The number of amides is 3. The van der Waals surface area contributed by atoms with Crippen LogP contribution in [0.4, 0.5) is 0 Å². The number of rotatable bonds is 13. The Kier molecular flexibility index (Phi) is 8.35. The van der Waals surface area contributed by atoms with Crippen molar-refractivity contribution in [2.45, 2.75) is 89.0 Å². The van der Waals surface area contributed by atoms with Gasteiger partial charge in [-0.2, -0.15) is 0 Å². The minimum atomic E-state index is -0.977. The van der Waals surface area contributed by atoms with E-state index in [1.54, 1.807) is 4.90 Å². The van der Waals surface area contributed by atoms with Crippen LogP contribution in [0.2, 0.25) is 0 Å². The zero-order chi connectivity index (χ0) is 25.8. The molecule has 0 radical (unpaired) electrons. The molecule has 5 atom stereocenters. The molecule has 36 heavy (non-hydrogen) atoms. The summed E-state index contributed by atoms with van der Waals surface area (Å²) in [5.74, 6) is -1.79. The number of hydrogen-bond donors (Lipinski definition) is 3. The molecule has 3 aliphatic heterocycles. The van der Waals surface area contributed by atoms with E-state index in [-0.39, 0.29) is 24.3 Å². The van der Waals surface area contributed by atoms with Gasteiger partial charge in [0.25, 0.3) is 0 Å². The van der Waals surface area contributed by atoms with Crippen LogP contribution in [0.25, 0.3) is 0 Å². The van der Waals surface area contributed by atoms with Crippen molar-refractivity contribution in [1.29, 1.82) is 0 Å². The van der Waals surface area contributed by atoms with Crippen LogP contribution in [0.1, 0.15) is 70.8 Å². The van der Waals surface area contributed by atoms with Gasteiger partial charge in [0.2, 0.25) is 17.7 Å². The normalized spacial score (nSPS) is 30.5. The second-order valence-electron chi connectivity index (χ2n) is 10.5. The molecule has 3 amide bonds. The smallest absolute Gasteiger partial charge is 0.245 e. The first-order valence-corrected chi connectivity index (χ1v) is 13.6. The Morgan fingerprint density at radius 1 is 1.06 bits per heavy atom. The average Bonchev–Trinajstić information content (AvgIpc) is 3.49. The third-order valence-electron chi connectivity index (χ3n) is 8.41. The van der Waals surface area contributed by atoms with Gasteiger partial charge in [-0.3, -0.25) is 14.4 Å². The number of likely N-dealkylation sites (tertiary alicyclic amines) is 1. The van der Waals surface area contributed by atoms with Gasteiger partial charge in [0.1, 0.15) is 11.6 Å². The van der Waals surface area contributed by atoms with E-state index >= 15 is 0 Å². The summed E-state index contributed by atoms with van der Waals surface area (Å²) in [7, 11) is 0. The van der Waals surface area contributed by atoms with Gasteiger partial charge in [0.15, 0.2) is 0 Å². The maximum absolute atomic E-state index is 14.0. The lowest BCUT2D eigenvalue weighted by atomic mass is 9.65. The molecule has 2 bridgehead atoms. The largest absolute Gasteiger partial charge is 0.396 e. The van der Waals surface area contributed by atoms with Gasteiger partial charge < -0.3 is 25.4 Å². The number of nitrogens with one attached hydrogen (secondary N) is 2. The number of aliphatic hydroxyl groups excluding tert-OH is 1. The highest BCUT2D eigenvalue weighted by atomic mass is 16.5. The topological polar surface area (TPSA) is 108 Å². The van der Waals surface area contributed by atoms with Crippen LogP contribution in [-0.2, 0) is 25.7 Å². The van der Waals surface area contributed by atoms with Crippen molar-refractivity contribution in [1.82, 2.24) is 15.5 Å². The van der Waals surface area contributed by atoms with Crippen LogP contribution in [-0.4, -0.2) is 64.7 Å². The van der Waals surface area contributed by atoms with Crippen LogP contribution in [0.3, 0.4) is 0 Å². The monoisotopic (exact) mass is 499 g/mol. The summed E-state index contributed by atoms with van der Waals surface area (Å²) in [6.45, 7) is 5.54. The molecule has 3 saturated heterocycles. The molecule has 0 saturated carbocycles. The van der Waals surface area contributed by atoms with Gasteiger partial charge in [0.05, 0.1) is 17.4 Å². The molecule has 4 rings (SSSR count). The summed E-state index contributed by atoms with van der Waals surface area (Å²) in [6, 6.07) is 8.98. The highest BCUT2D eigenvalue weighted by molar-refractivity contribution is 5.99. The molecule has 3 fully saturated rings. The van der Waals surface area contributed by atoms with E-state index in [4.69, 9.17) is 9.84 Å². The number of aliphatic hydroxyl groups is 1. The average molecular weight is 500 g/mol. The lowest BCUT2D eigenvalue weighted by Crippen LogP contribution is -2.55. The molecular weight excluding hydrogens is 458 g/mol. The van der Waals surface area contributed by atoms with Crippen molar-refractivity contribution >= 4 is 17.7 Å². The molecular formula is C28H41N3O5. The zero-order valence-corrected chi connectivity index (χ0v) is 21.6. The first-order chi connectivity index (χ1) is 17.4. The van der Waals surface area contributed by atoms with Crippen LogP contribution in [0.5, 0.6) is 0 Å². The van der Waals surface area contributed by atoms with Crippen molar-refractivity contribution in [2.24, 2.45) is 11.8 Å². The van der Waals surface area contributed by atoms with Crippen molar-refractivity contribution < 1.29 is 24.2 Å². The van der Waals surface area contributed by atoms with Gasteiger partial charge in [-0.1, -0.05) is 50.6 Å². The minimum Gasteiger partial charge on any atom is -0.396 e. The lowest BCUT2D eigenvalue weighted by molar-refractivity contribution is -0.147. The molecule has 1 aromatic carbocycles. The number of hydrogen-bond acceptors (Lipinski definition) is 5. The molecule has 2 unspecified atom stereocenters. The number of fused-ring (bicyclic) bond motifs is 1. The molecule has 3 aliphatic rings. The van der Waals surface area contributed by atoms with Gasteiger partial charge >= 0.3 is 0 Å². The van der Waals surface area contributed by atoms with Crippen LogP contribution in [0.15, 0.2) is 30.3 Å². The van der Waals surface area contributed by atoms with Gasteiger partial charge in [-0.15, -0.1) is 0 Å². The van der Waals surface area contributed by atoms with Gasteiger partial charge in [-0.25, -0.2) is 0 Å². The van der Waals surface area contributed by atoms with E-state index in [9.17, 15) is 14.4 Å². The number of nitrogens with zero attached hydrogens (tertiary/aromatic N) is 1. The number of benzene rings is 1. The fourth-order valence-corrected chi connectivity index (χ4v) is 6.61. The summed E-state index contributed by atoms with van der Waals surface area (Å²) >= 11 is 0. The highest BCUT2D eigenvalue weighted by Crippen LogP contribution is 2.64. The summed E-state index contributed by atoms with van der Waals surface area (Å²) in [5, 5.41) is 15.3. The third kappa shape index (κ3) is 4.65. The van der Waals surface area contributed by atoms with Crippen molar-refractivity contribution in [3.63, 3.8) is 0 Å². The minimum absolute atomic E-state index is 0.104. The van der Waals surface area contributed by atoms with Gasteiger partial charge in [0, 0.05) is 26.2 Å². The number of carbonyl (C=O) groups is 3. The predicted octanol–water partition coefficient (Wildman–Crippen LogP) is 2.54. The van der Waals surface area contributed by atoms with E-state index in [1.807, 2.05) is 37.3 Å². The summed E-state index contributed by atoms with van der Waals surface area (Å²) < 4.78 is 6.75. The SMILES string of the molecule is CCCCNC(=O)C1N(CCCCCO)C(=O)[C@@H]2[C@H](C(=O)NCc3ccccc3)[C@]3(CC)CCC12O3. The van der Waals surface area contributed by atoms with E-state index in [0.29, 0.717) is 51.7 Å². The Bertz CT molecular complexity index is 940. The quantitative estimate of drug-likeness (QED) is 0.362. The number of ether oxygens (including phenoxy) is 1. The van der Waals surface area contributed by atoms with Crippen LogP contribution < -0.4 is 10.6 Å². The van der Waals surface area contributed by atoms with Crippen LogP contribution >= 0.6 is 0 Å². The fraction of sp³-hybridized carbons (Fsp3) is 0.679. The first-order valence-electron chi connectivity index (χ1n) is 13.6. The summed E-state index contributed by atoms with van der Waals surface area (Å²) in [6.07, 6.45) is 5.81. The van der Waals surface area contributed by atoms with E-state index in [2.05, 4.69) is 17.6 Å². The lowest BCUT2D eigenvalue weighted by Gasteiger charge is -2.34. The van der Waals surface area contributed by atoms with E-state index < -0.39 is 29.1 Å². The molecule has 8 heteroatoms. The second kappa shape index (κ2) is 11.3. The Hall–Kier alpha value is -2.45. The van der Waals surface area contributed by atoms with Crippen molar-refractivity contribution in [3.05, 3.63) is 35.9 Å². The molecule has 1 spiro atoms. The standard InChI is InChI=1S/C28H41N3O5/c1-3-5-16-29-25(34)23-28-15-14-27(4-2,36-28)21(24(33)30-19-20-12-8-6-9-13-20)22(28)26(35)31(23)17-10-7-11-18-32/h6,8-9,12-13,21-23,32H,3-5,7,10-11,14-19H2,1-2H3,(H,29,34)(H,30,33)/t21-,22+,23?,27+,28?/m1/s1. The van der Waals surface area contributed by atoms with E-state index in [0.717, 1.165) is 24.8 Å². The Balaban J connectivity index is 1.61. The Morgan fingerprint density at radius 2 is 1.83 bits per heavy atom. The molecule has 0 aromatic heterocycles. The maximum atomic E-state index is 14.0. The fourth-order valence-electron chi connectivity index (χ4n) is 6.61. The molecule has 3 N–H and O–H groups in total. The molecule has 1 aromatic rings. The zero-order valence-electron chi connectivity index (χ0n) is 21.6. The molecule has 3 heterocycles. The number of unbranched alkanes of at least 4 members (excludes halogenated alkanes) is 3. The highest BCUT2D eigenvalue weighted by Gasteiger charge is 2.78. The number of carbonyl (C=O) groups excluding carboxylic acids is 3. The Morgan fingerprint density at radius 3 is 2.53 bits per heavy atom. The van der Waals surface area contributed by atoms with Crippen molar-refractivity contribution in [2.75, 3.05) is 19.7 Å². The third-order valence-corrected chi connectivity index (χ3v) is 8.41. The van der Waals surface area contributed by atoms with Crippen molar-refractivity contribution in [3.8, 4) is 0 Å². The first kappa shape index (κ1) is 26.6. The molecule has 0 aliphatic carbocycles. The maximum Gasteiger partial charge on any atom is 0.245 e. The summed E-state index contributed by atoms with van der Waals surface area (Å²) in [5.41, 5.74) is -0.715. The predicted molar refractivity (Wildman–Crippen MR) is 136 cm³/mol. The van der Waals surface area contributed by atoms with Gasteiger partial charge in [-0.05, 0) is 50.5 Å². The van der Waals surface area contributed by atoms with E-state index in [1.165, 1.54) is 0 Å². The molecule has 198 valence electrons. The van der Waals surface area contributed by atoms with Crippen LogP contribution in [0, 0.1) is 11.8 Å². The Labute approximate surface area is 214 Å². The second-order valence-corrected chi connectivity index (χ2v) is 10.5.